The number of methoxy groups -OCH3 is 1. The largest absolute Gasteiger partial charge is 0.497 e. The van der Waals surface area contributed by atoms with Crippen LogP contribution in [0.5, 0.6) is 10.9 Å². The Morgan fingerprint density at radius 3 is 2.74 bits per heavy atom. The van der Waals surface area contributed by atoms with Gasteiger partial charge in [0.1, 0.15) is 17.7 Å². The molecular weight excluding hydrogens is 435 g/mol. The molecule has 0 unspecified atom stereocenters. The first-order chi connectivity index (χ1) is 15.1. The molecule has 4 rings (SSSR count). The number of hydrogen-bond donors (Lipinski definition) is 0. The topological polar surface area (TPSA) is 51.7 Å². The number of likely N-dealkylation sites (tertiary alicyclic amines) is 1. The van der Waals surface area contributed by atoms with Crippen molar-refractivity contribution in [3.8, 4) is 10.9 Å². The van der Waals surface area contributed by atoms with Crippen LogP contribution >= 0.6 is 23.1 Å². The van der Waals surface area contributed by atoms with Crippen molar-refractivity contribution < 1.29 is 18.7 Å². The molecule has 0 aliphatic carbocycles. The van der Waals surface area contributed by atoms with E-state index in [1.807, 2.05) is 23.1 Å². The van der Waals surface area contributed by atoms with Gasteiger partial charge in [0.05, 0.1) is 17.3 Å². The van der Waals surface area contributed by atoms with Crippen LogP contribution in [0.1, 0.15) is 25.7 Å². The van der Waals surface area contributed by atoms with E-state index in [9.17, 15) is 9.18 Å². The van der Waals surface area contributed by atoms with Gasteiger partial charge < -0.3 is 14.4 Å². The highest BCUT2D eigenvalue weighted by atomic mass is 32.2. The molecule has 0 N–H and O–H groups in total. The summed E-state index contributed by atoms with van der Waals surface area (Å²) in [6.45, 7) is 1.43. The summed E-state index contributed by atoms with van der Waals surface area (Å²) < 4.78 is 25.4. The highest BCUT2D eigenvalue weighted by molar-refractivity contribution is 7.99. The summed E-state index contributed by atoms with van der Waals surface area (Å²) in [6, 6.07) is 12.3. The fraction of sp³-hybridized carbons (Fsp3) is 0.391. The molecule has 2 heterocycles. The first kappa shape index (κ1) is 21.9. The van der Waals surface area contributed by atoms with Crippen molar-refractivity contribution in [3.63, 3.8) is 0 Å². The Kier molecular flexibility index (Phi) is 7.29. The highest BCUT2D eigenvalue weighted by Crippen LogP contribution is 2.32. The number of thioether (sulfide) groups is 1. The summed E-state index contributed by atoms with van der Waals surface area (Å²) in [5, 5.41) is 0.672. The van der Waals surface area contributed by atoms with Gasteiger partial charge in [-0.3, -0.25) is 4.79 Å². The van der Waals surface area contributed by atoms with Gasteiger partial charge >= 0.3 is 0 Å². The minimum absolute atomic E-state index is 0.0838. The Hall–Kier alpha value is -2.32. The minimum Gasteiger partial charge on any atom is -0.497 e. The first-order valence-electron chi connectivity index (χ1n) is 10.4. The molecule has 1 fully saturated rings. The van der Waals surface area contributed by atoms with Crippen molar-refractivity contribution in [2.24, 2.45) is 0 Å². The lowest BCUT2D eigenvalue weighted by molar-refractivity contribution is -0.133. The van der Waals surface area contributed by atoms with Gasteiger partial charge in [-0.1, -0.05) is 11.3 Å². The third-order valence-electron chi connectivity index (χ3n) is 5.25. The summed E-state index contributed by atoms with van der Waals surface area (Å²) in [5.41, 5.74) is 0.880. The molecule has 0 spiro atoms. The molecular formula is C23H25FN2O3S2. The van der Waals surface area contributed by atoms with Gasteiger partial charge in [0.2, 0.25) is 5.91 Å². The number of nitrogens with zero attached hydrogens (tertiary/aromatic N) is 2. The average molecular weight is 461 g/mol. The summed E-state index contributed by atoms with van der Waals surface area (Å²) in [4.78, 5) is 20.0. The second-order valence-corrected chi connectivity index (χ2v) is 9.58. The first-order valence-corrected chi connectivity index (χ1v) is 12.2. The molecule has 0 saturated carbocycles. The molecule has 1 aromatic heterocycles. The monoisotopic (exact) mass is 460 g/mol. The number of benzene rings is 2. The SMILES string of the molecule is COc1ccc2sc(OC3CCN(C(=O)CCCSc4ccc(F)cc4)CC3)nc2c1. The van der Waals surface area contributed by atoms with Crippen LogP contribution in [0, 0.1) is 5.82 Å². The zero-order chi connectivity index (χ0) is 21.6. The van der Waals surface area contributed by atoms with Gasteiger partial charge in [0.25, 0.3) is 5.19 Å². The Balaban J connectivity index is 1.18. The normalized spacial score (nSPS) is 14.7. The van der Waals surface area contributed by atoms with Crippen LogP contribution in [0.25, 0.3) is 10.2 Å². The van der Waals surface area contributed by atoms with E-state index in [4.69, 9.17) is 9.47 Å². The average Bonchev–Trinajstić information content (AvgIpc) is 3.19. The number of ether oxygens (including phenoxy) is 2. The summed E-state index contributed by atoms with van der Waals surface area (Å²) in [7, 11) is 1.64. The number of piperidine rings is 1. The molecule has 1 saturated heterocycles. The van der Waals surface area contributed by atoms with E-state index in [1.165, 1.54) is 23.5 Å². The maximum atomic E-state index is 12.9. The maximum Gasteiger partial charge on any atom is 0.274 e. The molecule has 0 atom stereocenters. The van der Waals surface area contributed by atoms with Crippen LogP contribution in [0.15, 0.2) is 47.4 Å². The lowest BCUT2D eigenvalue weighted by Crippen LogP contribution is -2.41. The molecule has 164 valence electrons. The Morgan fingerprint density at radius 1 is 1.23 bits per heavy atom. The molecule has 0 bridgehead atoms. The second-order valence-electron chi connectivity index (χ2n) is 7.42. The van der Waals surface area contributed by atoms with Crippen LogP contribution in [0.3, 0.4) is 0 Å². The molecule has 5 nitrogen and oxygen atoms in total. The van der Waals surface area contributed by atoms with Crippen LogP contribution in [0.2, 0.25) is 0 Å². The molecule has 1 amide bonds. The zero-order valence-electron chi connectivity index (χ0n) is 17.4. The predicted octanol–water partition coefficient (Wildman–Crippen LogP) is 5.39. The van der Waals surface area contributed by atoms with E-state index in [0.29, 0.717) is 24.7 Å². The number of amides is 1. The number of thiazole rings is 1. The summed E-state index contributed by atoms with van der Waals surface area (Å²) in [5.74, 6) is 1.60. The molecule has 8 heteroatoms. The summed E-state index contributed by atoms with van der Waals surface area (Å²) in [6.07, 6.45) is 3.07. The van der Waals surface area contributed by atoms with Crippen molar-refractivity contribution >= 4 is 39.2 Å². The Morgan fingerprint density at radius 2 is 2.00 bits per heavy atom. The molecule has 1 aliphatic rings. The Labute approximate surface area is 189 Å². The van der Waals surface area contributed by atoms with E-state index in [2.05, 4.69) is 4.98 Å². The number of fused-ring (bicyclic) bond motifs is 1. The van der Waals surface area contributed by atoms with Crippen LogP contribution in [-0.4, -0.2) is 47.8 Å². The van der Waals surface area contributed by atoms with Crippen LogP contribution < -0.4 is 9.47 Å². The highest BCUT2D eigenvalue weighted by Gasteiger charge is 2.24. The molecule has 1 aliphatic heterocycles. The minimum atomic E-state index is -0.227. The van der Waals surface area contributed by atoms with Gasteiger partial charge in [-0.25, -0.2) is 9.37 Å². The van der Waals surface area contributed by atoms with Gasteiger partial charge in [0, 0.05) is 43.3 Å². The van der Waals surface area contributed by atoms with Crippen molar-refractivity contribution in [3.05, 3.63) is 48.3 Å². The van der Waals surface area contributed by atoms with Crippen LogP contribution in [0.4, 0.5) is 4.39 Å². The number of carbonyl (C=O) groups excluding carboxylic acids is 1. The number of rotatable bonds is 8. The van der Waals surface area contributed by atoms with Gasteiger partial charge in [-0.05, 0) is 48.6 Å². The van der Waals surface area contributed by atoms with Crippen LogP contribution in [-0.2, 0) is 4.79 Å². The van der Waals surface area contributed by atoms with Crippen molar-refractivity contribution in [1.29, 1.82) is 0 Å². The molecule has 2 aromatic carbocycles. The smallest absolute Gasteiger partial charge is 0.274 e. The van der Waals surface area contributed by atoms with Crippen molar-refractivity contribution in [1.82, 2.24) is 9.88 Å². The third-order valence-corrected chi connectivity index (χ3v) is 7.28. The quantitative estimate of drug-likeness (QED) is 0.333. The number of halogens is 1. The number of hydrogen-bond acceptors (Lipinski definition) is 6. The standard InChI is InChI=1S/C23H25FN2O3S2/c1-28-18-6-9-21-20(15-18)25-23(31-21)29-17-10-12-26(13-11-17)22(27)3-2-14-30-19-7-4-16(24)5-8-19/h4-9,15,17H,2-3,10-14H2,1H3. The fourth-order valence-electron chi connectivity index (χ4n) is 3.53. The van der Waals surface area contributed by atoms with Crippen molar-refractivity contribution in [2.45, 2.75) is 36.7 Å². The van der Waals surface area contributed by atoms with E-state index in [-0.39, 0.29) is 17.8 Å². The molecule has 3 aromatic rings. The van der Waals surface area contributed by atoms with Gasteiger partial charge in [0.15, 0.2) is 0 Å². The second kappa shape index (κ2) is 10.3. The number of aromatic nitrogens is 1. The van der Waals surface area contributed by atoms with E-state index < -0.39 is 0 Å². The van der Waals surface area contributed by atoms with E-state index in [1.54, 1.807) is 31.0 Å². The lowest BCUT2D eigenvalue weighted by atomic mass is 10.1. The third kappa shape index (κ3) is 5.89. The summed E-state index contributed by atoms with van der Waals surface area (Å²) >= 11 is 3.19. The van der Waals surface area contributed by atoms with E-state index >= 15 is 0 Å². The predicted molar refractivity (Wildman–Crippen MR) is 123 cm³/mol. The number of carbonyl (C=O) groups is 1. The Bertz CT molecular complexity index is 1020. The zero-order valence-corrected chi connectivity index (χ0v) is 19.0. The van der Waals surface area contributed by atoms with Gasteiger partial charge in [-0.2, -0.15) is 0 Å². The van der Waals surface area contributed by atoms with Crippen molar-refractivity contribution in [2.75, 3.05) is 26.0 Å². The maximum absolute atomic E-state index is 12.9. The van der Waals surface area contributed by atoms with E-state index in [0.717, 1.165) is 45.9 Å². The fourth-order valence-corrected chi connectivity index (χ4v) is 5.25. The lowest BCUT2D eigenvalue weighted by Gasteiger charge is -2.31. The van der Waals surface area contributed by atoms with Gasteiger partial charge in [-0.15, -0.1) is 11.8 Å². The molecule has 0 radical (unpaired) electrons. The molecule has 31 heavy (non-hydrogen) atoms.